The normalized spacial score (nSPS) is 10.2. The maximum Gasteiger partial charge on any atom is 0.194 e. The van der Waals surface area contributed by atoms with E-state index in [1.54, 1.807) is 11.8 Å². The molecule has 0 amide bonds. The number of halogens is 1. The van der Waals surface area contributed by atoms with Crippen molar-refractivity contribution >= 4 is 12.4 Å². The lowest BCUT2D eigenvalue weighted by molar-refractivity contribution is 0.273. The minimum Gasteiger partial charge on any atom is -0.493 e. The van der Waals surface area contributed by atoms with Crippen molar-refractivity contribution in [2.75, 3.05) is 13.7 Å². The van der Waals surface area contributed by atoms with Gasteiger partial charge in [-0.1, -0.05) is 29.8 Å². The van der Waals surface area contributed by atoms with Gasteiger partial charge >= 0.3 is 0 Å². The van der Waals surface area contributed by atoms with Crippen LogP contribution in [-0.4, -0.2) is 33.9 Å². The molecule has 1 aromatic heterocycles. The average molecular weight is 402 g/mol. The largest absolute Gasteiger partial charge is 0.493 e. The van der Waals surface area contributed by atoms with Gasteiger partial charge in [0.05, 0.1) is 12.8 Å². The summed E-state index contributed by atoms with van der Waals surface area (Å²) in [6.07, 6.45) is 1.83. The molecular formula is C20H24ClN5O2. The highest BCUT2D eigenvalue weighted by atomic mass is 35.5. The highest BCUT2D eigenvalue weighted by molar-refractivity contribution is 5.85. The molecule has 0 fully saturated rings. The van der Waals surface area contributed by atoms with Gasteiger partial charge in [0.25, 0.3) is 0 Å². The molecule has 7 nitrogen and oxygen atoms in total. The van der Waals surface area contributed by atoms with E-state index in [1.807, 2.05) is 55.5 Å². The Morgan fingerprint density at radius 2 is 1.93 bits per heavy atom. The summed E-state index contributed by atoms with van der Waals surface area (Å²) < 4.78 is 13.0. The fourth-order valence-corrected chi connectivity index (χ4v) is 2.58. The lowest BCUT2D eigenvalue weighted by Gasteiger charge is -2.12. The van der Waals surface area contributed by atoms with Crippen molar-refractivity contribution < 1.29 is 9.47 Å². The second-order valence-corrected chi connectivity index (χ2v) is 6.04. The standard InChI is InChI=1S/C20H23N5O2.ClH/c1-4-11-21-13-16-7-10-18(19(12-16)26-3)27-14-20-22-23-24-25(20)17-8-5-15(2)6-9-17;/h4-10,12,21H,1,11,13-14H2,2-3H3;1H. The summed E-state index contributed by atoms with van der Waals surface area (Å²) in [7, 11) is 1.62. The first-order chi connectivity index (χ1) is 13.2. The number of ether oxygens (including phenoxy) is 2. The fraction of sp³-hybridized carbons (Fsp3) is 0.250. The van der Waals surface area contributed by atoms with Crippen LogP contribution in [0.15, 0.2) is 55.1 Å². The number of methoxy groups -OCH3 is 1. The smallest absolute Gasteiger partial charge is 0.194 e. The van der Waals surface area contributed by atoms with Gasteiger partial charge in [-0.15, -0.1) is 24.1 Å². The van der Waals surface area contributed by atoms with Crippen LogP contribution in [0.25, 0.3) is 5.69 Å². The summed E-state index contributed by atoms with van der Waals surface area (Å²) in [4.78, 5) is 0. The number of aromatic nitrogens is 4. The molecule has 0 unspecified atom stereocenters. The number of benzene rings is 2. The van der Waals surface area contributed by atoms with Gasteiger partial charge in [-0.05, 0) is 47.2 Å². The minimum atomic E-state index is 0. The van der Waals surface area contributed by atoms with Gasteiger partial charge in [-0.2, -0.15) is 4.68 Å². The molecule has 0 atom stereocenters. The van der Waals surface area contributed by atoms with E-state index < -0.39 is 0 Å². The Labute approximate surface area is 170 Å². The van der Waals surface area contributed by atoms with Gasteiger partial charge in [-0.3, -0.25) is 0 Å². The molecule has 1 heterocycles. The third kappa shape index (κ3) is 5.31. The molecule has 8 heteroatoms. The van der Waals surface area contributed by atoms with E-state index in [2.05, 4.69) is 27.4 Å². The Balaban J connectivity index is 0.00000280. The zero-order chi connectivity index (χ0) is 19.1. The molecule has 0 aliphatic rings. The number of tetrazole rings is 1. The third-order valence-electron chi connectivity index (χ3n) is 4.02. The monoisotopic (exact) mass is 401 g/mol. The summed E-state index contributed by atoms with van der Waals surface area (Å²) in [5, 5.41) is 15.2. The summed E-state index contributed by atoms with van der Waals surface area (Å²) in [6, 6.07) is 13.8. The molecule has 28 heavy (non-hydrogen) atoms. The third-order valence-corrected chi connectivity index (χ3v) is 4.02. The fourth-order valence-electron chi connectivity index (χ4n) is 2.58. The number of hydrogen-bond acceptors (Lipinski definition) is 6. The molecule has 3 rings (SSSR count). The Morgan fingerprint density at radius 1 is 1.14 bits per heavy atom. The van der Waals surface area contributed by atoms with Gasteiger partial charge in [0.2, 0.25) is 0 Å². The van der Waals surface area contributed by atoms with Crippen molar-refractivity contribution in [1.29, 1.82) is 0 Å². The molecule has 0 aliphatic carbocycles. The van der Waals surface area contributed by atoms with Gasteiger partial charge in [0.15, 0.2) is 23.9 Å². The summed E-state index contributed by atoms with van der Waals surface area (Å²) in [5.41, 5.74) is 3.17. The summed E-state index contributed by atoms with van der Waals surface area (Å²) in [6.45, 7) is 7.44. The maximum atomic E-state index is 5.91. The first-order valence-corrected chi connectivity index (χ1v) is 8.67. The quantitative estimate of drug-likeness (QED) is 0.438. The first kappa shape index (κ1) is 21.4. The molecule has 0 radical (unpaired) electrons. The summed E-state index contributed by atoms with van der Waals surface area (Å²) in [5.74, 6) is 1.92. The van der Waals surface area contributed by atoms with Crippen molar-refractivity contribution in [2.24, 2.45) is 0 Å². The number of hydrogen-bond donors (Lipinski definition) is 1. The molecule has 3 aromatic rings. The van der Waals surface area contributed by atoms with Crippen LogP contribution in [0.2, 0.25) is 0 Å². The van der Waals surface area contributed by atoms with E-state index in [-0.39, 0.29) is 19.0 Å². The number of aryl methyl sites for hydroxylation is 1. The van der Waals surface area contributed by atoms with Crippen LogP contribution in [0, 0.1) is 6.92 Å². The summed E-state index contributed by atoms with van der Waals surface area (Å²) >= 11 is 0. The van der Waals surface area contributed by atoms with Crippen LogP contribution in [0.4, 0.5) is 0 Å². The molecule has 0 saturated heterocycles. The molecule has 1 N–H and O–H groups in total. The van der Waals surface area contributed by atoms with E-state index >= 15 is 0 Å². The highest BCUT2D eigenvalue weighted by Gasteiger charge is 2.11. The van der Waals surface area contributed by atoms with Crippen LogP contribution in [-0.2, 0) is 13.2 Å². The molecule has 0 spiro atoms. The average Bonchev–Trinajstić information content (AvgIpc) is 3.16. The van der Waals surface area contributed by atoms with Crippen molar-refractivity contribution in [3.8, 4) is 17.2 Å². The van der Waals surface area contributed by atoms with Crippen molar-refractivity contribution in [2.45, 2.75) is 20.1 Å². The maximum absolute atomic E-state index is 5.91. The van der Waals surface area contributed by atoms with E-state index in [0.717, 1.165) is 24.3 Å². The van der Waals surface area contributed by atoms with Crippen LogP contribution >= 0.6 is 12.4 Å². The predicted molar refractivity (Wildman–Crippen MR) is 110 cm³/mol. The lowest BCUT2D eigenvalue weighted by Crippen LogP contribution is -2.12. The van der Waals surface area contributed by atoms with Crippen LogP contribution in [0.3, 0.4) is 0 Å². The SMILES string of the molecule is C=CCNCc1ccc(OCc2nnnn2-c2ccc(C)cc2)c(OC)c1.Cl. The molecule has 148 valence electrons. The second-order valence-electron chi connectivity index (χ2n) is 6.04. The highest BCUT2D eigenvalue weighted by Crippen LogP contribution is 2.28. The Kier molecular flexibility index (Phi) is 7.98. The van der Waals surface area contributed by atoms with Crippen molar-refractivity contribution in [3.05, 3.63) is 72.1 Å². The number of nitrogens with one attached hydrogen (secondary N) is 1. The topological polar surface area (TPSA) is 74.1 Å². The van der Waals surface area contributed by atoms with Gasteiger partial charge in [0, 0.05) is 13.1 Å². The van der Waals surface area contributed by atoms with Gasteiger partial charge < -0.3 is 14.8 Å². The molecule has 0 saturated carbocycles. The zero-order valence-corrected chi connectivity index (χ0v) is 16.8. The van der Waals surface area contributed by atoms with Crippen LogP contribution in [0.1, 0.15) is 17.0 Å². The van der Waals surface area contributed by atoms with Gasteiger partial charge in [0.1, 0.15) is 0 Å². The lowest BCUT2D eigenvalue weighted by atomic mass is 10.2. The van der Waals surface area contributed by atoms with Gasteiger partial charge in [-0.25, -0.2) is 0 Å². The molecule has 2 aromatic carbocycles. The van der Waals surface area contributed by atoms with E-state index in [0.29, 0.717) is 17.3 Å². The molecule has 0 bridgehead atoms. The molecular weight excluding hydrogens is 378 g/mol. The minimum absolute atomic E-state index is 0. The zero-order valence-electron chi connectivity index (χ0n) is 16.0. The number of nitrogens with zero attached hydrogens (tertiary/aromatic N) is 4. The second kappa shape index (κ2) is 10.4. The van der Waals surface area contributed by atoms with E-state index in [9.17, 15) is 0 Å². The first-order valence-electron chi connectivity index (χ1n) is 8.67. The number of rotatable bonds is 9. The predicted octanol–water partition coefficient (Wildman–Crippen LogP) is 3.26. The Morgan fingerprint density at radius 3 is 2.64 bits per heavy atom. The van der Waals surface area contributed by atoms with Crippen LogP contribution in [0.5, 0.6) is 11.5 Å². The van der Waals surface area contributed by atoms with E-state index in [4.69, 9.17) is 9.47 Å². The van der Waals surface area contributed by atoms with E-state index in [1.165, 1.54) is 5.56 Å². The van der Waals surface area contributed by atoms with Crippen molar-refractivity contribution in [1.82, 2.24) is 25.5 Å². The van der Waals surface area contributed by atoms with Crippen molar-refractivity contribution in [3.63, 3.8) is 0 Å². The Bertz CT molecular complexity index is 896. The Hall–Kier alpha value is -2.90. The molecule has 0 aliphatic heterocycles. The van der Waals surface area contributed by atoms with Crippen LogP contribution < -0.4 is 14.8 Å².